The second-order valence-electron chi connectivity index (χ2n) is 2.79. The summed E-state index contributed by atoms with van der Waals surface area (Å²) in [5.74, 6) is 2.31. The number of hydrogen-bond donors (Lipinski definition) is 4. The molecule has 0 aromatic rings. The van der Waals surface area contributed by atoms with Crippen molar-refractivity contribution in [2.75, 3.05) is 49.4 Å². The van der Waals surface area contributed by atoms with Crippen molar-refractivity contribution >= 4 is 59.6 Å². The first-order valence-electron chi connectivity index (χ1n) is 5.24. The molecule has 0 unspecified atom stereocenters. The molecule has 0 N–H and O–H groups in total. The van der Waals surface area contributed by atoms with Crippen molar-refractivity contribution in [3.8, 4) is 0 Å². The average molecular weight is 337 g/mol. The van der Waals surface area contributed by atoms with Crippen LogP contribution in [-0.4, -0.2) is 58.5 Å². The van der Waals surface area contributed by atoms with Crippen LogP contribution in [0.1, 0.15) is 0 Å². The van der Waals surface area contributed by atoms with Gasteiger partial charge in [0.15, 0.2) is 0 Å². The minimum absolute atomic E-state index is 0.418. The Morgan fingerprint density at radius 2 is 0.765 bits per heavy atom. The van der Waals surface area contributed by atoms with E-state index in [1.807, 2.05) is 0 Å². The molecule has 104 valence electrons. The highest BCUT2D eigenvalue weighted by Gasteiger charge is 2.45. The average Bonchev–Trinajstić information content (AvgIpc) is 2.37. The summed E-state index contributed by atoms with van der Waals surface area (Å²) in [5, 5.41) is 0. The highest BCUT2D eigenvalue weighted by Crippen LogP contribution is 2.13. The first-order chi connectivity index (χ1) is 8.24. The fourth-order valence-electron chi connectivity index (χ4n) is 0.933. The maximum atomic E-state index is 5.58. The molecule has 17 heavy (non-hydrogen) atoms. The molecule has 0 rings (SSSR count). The lowest BCUT2D eigenvalue weighted by Crippen LogP contribution is -2.50. The number of thiol groups is 4. The molecule has 0 saturated heterocycles. The van der Waals surface area contributed by atoms with E-state index in [4.69, 9.17) is 17.7 Å². The van der Waals surface area contributed by atoms with E-state index in [0.29, 0.717) is 49.4 Å². The van der Waals surface area contributed by atoms with E-state index >= 15 is 0 Å². The summed E-state index contributed by atoms with van der Waals surface area (Å²) in [6.45, 7) is 1.67. The van der Waals surface area contributed by atoms with Crippen molar-refractivity contribution in [1.29, 1.82) is 0 Å². The van der Waals surface area contributed by atoms with Crippen LogP contribution in [0.3, 0.4) is 0 Å². The Bertz CT molecular complexity index is 140. The lowest BCUT2D eigenvalue weighted by Gasteiger charge is -2.27. The maximum Gasteiger partial charge on any atom is 0.679 e. The molecule has 4 nitrogen and oxygen atoms in total. The van der Waals surface area contributed by atoms with Crippen LogP contribution in [0, 0.1) is 0 Å². The van der Waals surface area contributed by atoms with Gasteiger partial charge in [-0.05, 0) is 0 Å². The van der Waals surface area contributed by atoms with Crippen molar-refractivity contribution < 1.29 is 17.7 Å². The summed E-state index contributed by atoms with van der Waals surface area (Å²) in [7, 11) is -3.07. The molecule has 0 heterocycles. The van der Waals surface area contributed by atoms with E-state index in [1.165, 1.54) is 0 Å². The minimum atomic E-state index is -3.07. The Kier molecular flexibility index (Phi) is 13.6. The molecular weight excluding hydrogens is 316 g/mol. The quantitative estimate of drug-likeness (QED) is 0.319. The fraction of sp³-hybridized carbons (Fsp3) is 1.00. The van der Waals surface area contributed by atoms with Crippen molar-refractivity contribution in [1.82, 2.24) is 0 Å². The third-order valence-corrected chi connectivity index (χ3v) is 4.44. The van der Waals surface area contributed by atoms with Gasteiger partial charge in [-0.25, -0.2) is 0 Å². The Labute approximate surface area is 126 Å². The molecule has 0 aliphatic rings. The molecule has 9 heteroatoms. The Morgan fingerprint density at radius 1 is 0.529 bits per heavy atom. The lowest BCUT2D eigenvalue weighted by molar-refractivity contribution is -0.0224. The molecule has 0 amide bonds. The topological polar surface area (TPSA) is 36.9 Å². The third-order valence-electron chi connectivity index (χ3n) is 1.48. The molecule has 0 bridgehead atoms. The van der Waals surface area contributed by atoms with Gasteiger partial charge in [-0.2, -0.15) is 50.5 Å². The van der Waals surface area contributed by atoms with Crippen molar-refractivity contribution in [3.63, 3.8) is 0 Å². The SMILES string of the molecule is SCCO[Si](OCCS)(OCCS)OCCS. The normalized spacial score (nSPS) is 12.0. The fourth-order valence-corrected chi connectivity index (χ4v) is 3.89. The summed E-state index contributed by atoms with van der Waals surface area (Å²) in [6.07, 6.45) is 0. The molecule has 0 atom stereocenters. The van der Waals surface area contributed by atoms with Crippen LogP contribution in [-0.2, 0) is 17.7 Å². The van der Waals surface area contributed by atoms with Gasteiger partial charge in [-0.3, -0.25) is 0 Å². The molecule has 0 saturated carbocycles. The first-order valence-corrected chi connectivity index (χ1v) is 9.40. The lowest BCUT2D eigenvalue weighted by atomic mass is 10.9. The van der Waals surface area contributed by atoms with Gasteiger partial charge in [0.1, 0.15) is 0 Å². The van der Waals surface area contributed by atoms with Gasteiger partial charge in [0.25, 0.3) is 0 Å². The van der Waals surface area contributed by atoms with Crippen molar-refractivity contribution in [2.24, 2.45) is 0 Å². The zero-order chi connectivity index (χ0) is 13.0. The molecule has 0 aliphatic carbocycles. The molecule has 0 spiro atoms. The largest absolute Gasteiger partial charge is 0.679 e. The zero-order valence-corrected chi connectivity index (χ0v) is 14.2. The van der Waals surface area contributed by atoms with E-state index in [9.17, 15) is 0 Å². The molecule has 0 aromatic heterocycles. The Morgan fingerprint density at radius 3 is 0.941 bits per heavy atom. The summed E-state index contributed by atoms with van der Waals surface area (Å²) >= 11 is 16.4. The van der Waals surface area contributed by atoms with Gasteiger partial charge < -0.3 is 17.7 Å². The molecular formula is C8H20O4S4Si. The van der Waals surface area contributed by atoms with Crippen LogP contribution in [0.25, 0.3) is 0 Å². The van der Waals surface area contributed by atoms with E-state index in [0.717, 1.165) is 0 Å². The molecule has 0 radical (unpaired) electrons. The van der Waals surface area contributed by atoms with Crippen molar-refractivity contribution in [3.05, 3.63) is 0 Å². The van der Waals surface area contributed by atoms with Gasteiger partial charge in [0.05, 0.1) is 0 Å². The standard InChI is InChI=1S/C8H20O4S4Si/c13-5-1-9-17(10-2-6-14,11-3-7-15)12-4-8-16/h13-16H,1-8H2. The summed E-state index contributed by atoms with van der Waals surface area (Å²) in [4.78, 5) is 0. The van der Waals surface area contributed by atoms with Crippen LogP contribution >= 0.6 is 50.5 Å². The monoisotopic (exact) mass is 336 g/mol. The van der Waals surface area contributed by atoms with Crippen LogP contribution in [0.15, 0.2) is 0 Å². The van der Waals surface area contributed by atoms with Crippen molar-refractivity contribution in [2.45, 2.75) is 0 Å². The summed E-state index contributed by atoms with van der Waals surface area (Å²) in [5.41, 5.74) is 0. The van der Waals surface area contributed by atoms with Crippen LogP contribution < -0.4 is 0 Å². The molecule has 0 fully saturated rings. The van der Waals surface area contributed by atoms with Gasteiger partial charge in [-0.15, -0.1) is 0 Å². The van der Waals surface area contributed by atoms with Gasteiger partial charge in [0, 0.05) is 49.4 Å². The second kappa shape index (κ2) is 12.5. The van der Waals surface area contributed by atoms with Gasteiger partial charge >= 0.3 is 9.05 Å². The molecule has 0 aliphatic heterocycles. The maximum absolute atomic E-state index is 5.58. The minimum Gasteiger partial charge on any atom is -0.350 e. The number of hydrogen-bond acceptors (Lipinski definition) is 8. The number of rotatable bonds is 12. The predicted octanol–water partition coefficient (Wildman–Crippen LogP) is 1.21. The first kappa shape index (κ1) is 18.5. The Balaban J connectivity index is 4.39. The van der Waals surface area contributed by atoms with Crippen LogP contribution in [0.5, 0.6) is 0 Å². The van der Waals surface area contributed by atoms with Crippen LogP contribution in [0.2, 0.25) is 0 Å². The van der Waals surface area contributed by atoms with E-state index < -0.39 is 9.05 Å². The van der Waals surface area contributed by atoms with E-state index in [-0.39, 0.29) is 0 Å². The summed E-state index contributed by atoms with van der Waals surface area (Å²) < 4.78 is 22.3. The highest BCUT2D eigenvalue weighted by atomic mass is 32.1. The highest BCUT2D eigenvalue weighted by molar-refractivity contribution is 7.80. The smallest absolute Gasteiger partial charge is 0.350 e. The van der Waals surface area contributed by atoms with Gasteiger partial charge in [-0.1, -0.05) is 0 Å². The second-order valence-corrected chi connectivity index (χ2v) is 6.73. The van der Waals surface area contributed by atoms with Gasteiger partial charge in [0.2, 0.25) is 0 Å². The Hall–Kier alpha value is 1.46. The summed E-state index contributed by atoms with van der Waals surface area (Å²) in [6, 6.07) is 0. The molecule has 0 aromatic carbocycles. The predicted molar refractivity (Wildman–Crippen MR) is 85.0 cm³/mol. The van der Waals surface area contributed by atoms with E-state index in [1.54, 1.807) is 0 Å². The van der Waals surface area contributed by atoms with E-state index in [2.05, 4.69) is 50.5 Å². The third kappa shape index (κ3) is 9.06. The zero-order valence-electron chi connectivity index (χ0n) is 9.58. The van der Waals surface area contributed by atoms with Crippen LogP contribution in [0.4, 0.5) is 0 Å².